The molecule has 140 valence electrons. The van der Waals surface area contributed by atoms with Crippen molar-refractivity contribution in [1.29, 1.82) is 0 Å². The number of nitrogens with zero attached hydrogens (tertiary/aromatic N) is 4. The predicted octanol–water partition coefficient (Wildman–Crippen LogP) is 3.79. The largest absolute Gasteiger partial charge is 0.389 e. The van der Waals surface area contributed by atoms with E-state index in [1.165, 1.54) is 11.5 Å². The summed E-state index contributed by atoms with van der Waals surface area (Å²) in [6.07, 6.45) is 0. The Morgan fingerprint density at radius 3 is 2.57 bits per heavy atom. The normalized spacial score (nSPS) is 15.4. The Kier molecular flexibility index (Phi) is 4.75. The maximum absolute atomic E-state index is 13.1. The van der Waals surface area contributed by atoms with Gasteiger partial charge in [0, 0.05) is 5.56 Å². The van der Waals surface area contributed by atoms with E-state index in [-0.39, 0.29) is 5.91 Å². The maximum Gasteiger partial charge on any atom is 0.279 e. The second-order valence-corrected chi connectivity index (χ2v) is 7.34. The number of rotatable bonds is 4. The van der Waals surface area contributed by atoms with Crippen LogP contribution in [-0.4, -0.2) is 21.7 Å². The van der Waals surface area contributed by atoms with Gasteiger partial charge < -0.3 is 10.6 Å². The fourth-order valence-corrected chi connectivity index (χ4v) is 4.00. The molecule has 3 aromatic rings. The summed E-state index contributed by atoms with van der Waals surface area (Å²) >= 11 is 1.23. The first-order valence-electron chi connectivity index (χ1n) is 8.86. The highest BCUT2D eigenvalue weighted by Gasteiger charge is 2.33. The quantitative estimate of drug-likeness (QED) is 0.544. The molecule has 4 rings (SSSR count). The zero-order chi connectivity index (χ0) is 19.7. The molecule has 2 aromatic carbocycles. The molecule has 0 fully saturated rings. The third-order valence-electron chi connectivity index (χ3n) is 4.63. The molecule has 2 N–H and O–H groups in total. The number of fused-ring (bicyclic) bond motifs is 1. The van der Waals surface area contributed by atoms with Crippen molar-refractivity contribution < 1.29 is 4.79 Å². The van der Waals surface area contributed by atoms with Crippen molar-refractivity contribution >= 4 is 39.6 Å². The van der Waals surface area contributed by atoms with Crippen LogP contribution in [0.15, 0.2) is 64.8 Å². The Labute approximate surface area is 167 Å². The summed E-state index contributed by atoms with van der Waals surface area (Å²) in [6, 6.07) is 17.5. The lowest BCUT2D eigenvalue weighted by atomic mass is 10.1. The molecular weight excluding hydrogens is 370 g/mol. The average molecular weight is 389 g/mol. The van der Waals surface area contributed by atoms with Crippen LogP contribution in [0.2, 0.25) is 0 Å². The molecule has 0 radical (unpaired) electrons. The molecule has 7 heteroatoms. The molecule has 0 aliphatic carbocycles. The number of nitrogens with two attached hydrogens (primary N) is 1. The Morgan fingerprint density at radius 2 is 1.86 bits per heavy atom. The number of aromatic nitrogens is 1. The second-order valence-electron chi connectivity index (χ2n) is 6.54. The molecule has 1 aliphatic rings. The molecule has 1 aromatic heterocycles. The van der Waals surface area contributed by atoms with E-state index in [2.05, 4.69) is 14.6 Å². The molecule has 0 unspecified atom stereocenters. The number of aryl methyl sites for hydroxylation is 1. The van der Waals surface area contributed by atoms with E-state index in [4.69, 9.17) is 5.73 Å². The van der Waals surface area contributed by atoms with Crippen molar-refractivity contribution in [3.05, 3.63) is 77.0 Å². The third kappa shape index (κ3) is 3.20. The van der Waals surface area contributed by atoms with Gasteiger partial charge in [-0.2, -0.15) is 9.47 Å². The van der Waals surface area contributed by atoms with Crippen molar-refractivity contribution in [2.75, 3.05) is 10.6 Å². The standard InChI is InChI=1S/C21H19N5OS/c1-13(18-14(2)25-28-20(18)22)23-24-19-16-10-6-7-11-17(16)26(21(19)27)12-15-8-4-3-5-9-15/h3-11H,12,22H2,1-2H3/b23-13-,24-19-. The Hall–Kier alpha value is -3.32. The van der Waals surface area contributed by atoms with Gasteiger partial charge in [-0.05, 0) is 37.0 Å². The smallest absolute Gasteiger partial charge is 0.279 e. The number of benzene rings is 2. The van der Waals surface area contributed by atoms with Gasteiger partial charge in [-0.15, -0.1) is 5.10 Å². The number of hydrogen-bond donors (Lipinski definition) is 1. The van der Waals surface area contributed by atoms with Crippen LogP contribution in [0, 0.1) is 6.92 Å². The van der Waals surface area contributed by atoms with E-state index in [1.54, 1.807) is 4.90 Å². The first-order chi connectivity index (χ1) is 13.6. The van der Waals surface area contributed by atoms with Gasteiger partial charge in [0.05, 0.1) is 29.2 Å². The number of amides is 1. The van der Waals surface area contributed by atoms with Crippen LogP contribution in [0.3, 0.4) is 0 Å². The summed E-state index contributed by atoms with van der Waals surface area (Å²) in [7, 11) is 0. The van der Waals surface area contributed by atoms with E-state index < -0.39 is 0 Å². The van der Waals surface area contributed by atoms with Crippen molar-refractivity contribution in [2.45, 2.75) is 20.4 Å². The van der Waals surface area contributed by atoms with Gasteiger partial charge in [-0.25, -0.2) is 0 Å². The molecule has 0 saturated carbocycles. The Balaban J connectivity index is 1.71. The number of hydrogen-bond acceptors (Lipinski definition) is 6. The summed E-state index contributed by atoms with van der Waals surface area (Å²) in [5, 5.41) is 9.21. The van der Waals surface area contributed by atoms with Gasteiger partial charge in [0.15, 0.2) is 5.71 Å². The van der Waals surface area contributed by atoms with Gasteiger partial charge in [0.25, 0.3) is 5.91 Å². The highest BCUT2D eigenvalue weighted by atomic mass is 32.1. The molecule has 1 aliphatic heterocycles. The lowest BCUT2D eigenvalue weighted by molar-refractivity contribution is -0.112. The average Bonchev–Trinajstić information content (AvgIpc) is 3.18. The third-order valence-corrected chi connectivity index (χ3v) is 5.40. The number of anilines is 2. The molecule has 0 bridgehead atoms. The monoisotopic (exact) mass is 389 g/mol. The highest BCUT2D eigenvalue weighted by Crippen LogP contribution is 2.31. The molecular formula is C21H19N5OS. The van der Waals surface area contributed by atoms with Gasteiger partial charge in [0.2, 0.25) is 0 Å². The number of carbonyl (C=O) groups is 1. The Morgan fingerprint density at radius 1 is 1.14 bits per heavy atom. The molecule has 2 heterocycles. The van der Waals surface area contributed by atoms with Crippen LogP contribution >= 0.6 is 11.5 Å². The van der Waals surface area contributed by atoms with Crippen molar-refractivity contribution in [2.24, 2.45) is 10.2 Å². The first-order valence-corrected chi connectivity index (χ1v) is 9.63. The van der Waals surface area contributed by atoms with Gasteiger partial charge in [-0.1, -0.05) is 48.5 Å². The topological polar surface area (TPSA) is 83.9 Å². The second kappa shape index (κ2) is 7.36. The highest BCUT2D eigenvalue weighted by molar-refractivity contribution is 7.10. The van der Waals surface area contributed by atoms with Gasteiger partial charge >= 0.3 is 0 Å². The molecule has 0 saturated heterocycles. The lowest BCUT2D eigenvalue weighted by Crippen LogP contribution is -2.29. The van der Waals surface area contributed by atoms with Crippen molar-refractivity contribution in [1.82, 2.24) is 4.37 Å². The fourth-order valence-electron chi connectivity index (χ4n) is 3.28. The van der Waals surface area contributed by atoms with Crippen LogP contribution in [0.5, 0.6) is 0 Å². The number of para-hydroxylation sites is 1. The van der Waals surface area contributed by atoms with Crippen LogP contribution in [0.4, 0.5) is 10.7 Å². The first kappa shape index (κ1) is 18.1. The van der Waals surface area contributed by atoms with Crippen LogP contribution < -0.4 is 10.6 Å². The summed E-state index contributed by atoms with van der Waals surface area (Å²) in [4.78, 5) is 14.8. The molecule has 0 spiro atoms. The molecule has 28 heavy (non-hydrogen) atoms. The number of nitrogen functional groups attached to an aromatic ring is 1. The fraction of sp³-hybridized carbons (Fsp3) is 0.143. The molecule has 0 atom stereocenters. The van der Waals surface area contributed by atoms with Crippen molar-refractivity contribution in [3.63, 3.8) is 0 Å². The zero-order valence-electron chi connectivity index (χ0n) is 15.6. The van der Waals surface area contributed by atoms with E-state index in [0.717, 1.165) is 28.1 Å². The maximum atomic E-state index is 13.1. The summed E-state index contributed by atoms with van der Waals surface area (Å²) in [6.45, 7) is 4.19. The van der Waals surface area contributed by atoms with Crippen LogP contribution in [0.25, 0.3) is 0 Å². The van der Waals surface area contributed by atoms with E-state index in [1.807, 2.05) is 68.4 Å². The van der Waals surface area contributed by atoms with E-state index in [9.17, 15) is 4.79 Å². The summed E-state index contributed by atoms with van der Waals surface area (Å²) in [5.74, 6) is -0.158. The molecule has 6 nitrogen and oxygen atoms in total. The van der Waals surface area contributed by atoms with Crippen molar-refractivity contribution in [3.8, 4) is 0 Å². The predicted molar refractivity (Wildman–Crippen MR) is 114 cm³/mol. The number of carbonyl (C=O) groups excluding carboxylic acids is 1. The van der Waals surface area contributed by atoms with Gasteiger partial charge in [0.1, 0.15) is 5.00 Å². The van der Waals surface area contributed by atoms with E-state index >= 15 is 0 Å². The van der Waals surface area contributed by atoms with Crippen LogP contribution in [-0.2, 0) is 11.3 Å². The minimum Gasteiger partial charge on any atom is -0.389 e. The Bertz CT molecular complexity index is 1080. The SMILES string of the molecule is C/C(=N/N=C1\C(=O)N(Cc2ccccc2)c2ccccc21)c1c(C)nsc1N. The summed E-state index contributed by atoms with van der Waals surface area (Å²) < 4.78 is 4.24. The summed E-state index contributed by atoms with van der Waals surface area (Å²) in [5.41, 5.74) is 11.3. The van der Waals surface area contributed by atoms with Gasteiger partial charge in [-0.3, -0.25) is 4.79 Å². The van der Waals surface area contributed by atoms with Crippen LogP contribution in [0.1, 0.15) is 29.3 Å². The minimum absolute atomic E-state index is 0.158. The molecule has 1 amide bonds. The zero-order valence-corrected chi connectivity index (χ0v) is 16.4. The minimum atomic E-state index is -0.158. The lowest BCUT2D eigenvalue weighted by Gasteiger charge is -2.16. The van der Waals surface area contributed by atoms with E-state index in [0.29, 0.717) is 23.0 Å².